The number of rotatable bonds is 3. The van der Waals surface area contributed by atoms with E-state index >= 15 is 0 Å². The van der Waals surface area contributed by atoms with Gasteiger partial charge in [-0.2, -0.15) is 0 Å². The van der Waals surface area contributed by atoms with Crippen molar-refractivity contribution in [3.8, 4) is 5.75 Å². The summed E-state index contributed by atoms with van der Waals surface area (Å²) in [7, 11) is 0. The number of piperazine rings is 1. The minimum atomic E-state index is -0.388. The van der Waals surface area contributed by atoms with Crippen molar-refractivity contribution in [1.29, 1.82) is 0 Å². The molecule has 4 nitrogen and oxygen atoms in total. The molecule has 2 saturated heterocycles. The van der Waals surface area contributed by atoms with Gasteiger partial charge in [-0.1, -0.05) is 6.07 Å². The van der Waals surface area contributed by atoms with Crippen LogP contribution in [-0.2, 0) is 0 Å². The first-order chi connectivity index (χ1) is 9.65. The second-order valence-corrected chi connectivity index (χ2v) is 5.76. The van der Waals surface area contributed by atoms with Gasteiger partial charge in [-0.3, -0.25) is 9.80 Å². The molecule has 2 fully saturated rings. The summed E-state index contributed by atoms with van der Waals surface area (Å²) in [5.74, 6) is -0.330. The first kappa shape index (κ1) is 13.8. The van der Waals surface area contributed by atoms with Gasteiger partial charge in [0.1, 0.15) is 11.6 Å². The lowest BCUT2D eigenvalue weighted by atomic mass is 10.0. The summed E-state index contributed by atoms with van der Waals surface area (Å²) in [6.45, 7) is 8.41. The average Bonchev–Trinajstić information content (AvgIpc) is 2.37. The number of nitrogens with one attached hydrogen (secondary N) is 1. The van der Waals surface area contributed by atoms with Crippen LogP contribution >= 0.6 is 0 Å². The van der Waals surface area contributed by atoms with Gasteiger partial charge in [0, 0.05) is 63.0 Å². The smallest absolute Gasteiger partial charge is 0.126 e. The third-order valence-corrected chi connectivity index (χ3v) is 4.62. The Morgan fingerprint density at radius 1 is 1.25 bits per heavy atom. The van der Waals surface area contributed by atoms with Crippen molar-refractivity contribution < 1.29 is 9.50 Å². The quantitative estimate of drug-likeness (QED) is 0.871. The standard InChI is InChI=1S/C15H22FN3O/c1-11(14-3-2-12(16)8-15(14)20)18-4-6-19(7-5-18)13-9-17-10-13/h2-3,8,11,13,17,20H,4-7,9-10H2,1H3. The van der Waals surface area contributed by atoms with Gasteiger partial charge in [0.2, 0.25) is 0 Å². The Balaban J connectivity index is 1.62. The lowest BCUT2D eigenvalue weighted by Gasteiger charge is -2.44. The number of benzene rings is 1. The number of nitrogens with zero attached hydrogens (tertiary/aromatic N) is 2. The summed E-state index contributed by atoms with van der Waals surface area (Å²) in [5.41, 5.74) is 0.810. The highest BCUT2D eigenvalue weighted by molar-refractivity contribution is 5.35. The van der Waals surface area contributed by atoms with Crippen LogP contribution in [0.3, 0.4) is 0 Å². The Morgan fingerprint density at radius 3 is 2.50 bits per heavy atom. The summed E-state index contributed by atoms with van der Waals surface area (Å²) in [4.78, 5) is 4.89. The summed E-state index contributed by atoms with van der Waals surface area (Å²) in [6, 6.07) is 5.13. The molecule has 0 amide bonds. The molecule has 20 heavy (non-hydrogen) atoms. The maximum Gasteiger partial charge on any atom is 0.126 e. The molecule has 1 aromatic carbocycles. The largest absolute Gasteiger partial charge is 0.508 e. The second-order valence-electron chi connectivity index (χ2n) is 5.76. The molecule has 2 aliphatic rings. The zero-order valence-electron chi connectivity index (χ0n) is 11.8. The van der Waals surface area contributed by atoms with Gasteiger partial charge in [0.25, 0.3) is 0 Å². The molecule has 1 atom stereocenters. The predicted octanol–water partition coefficient (Wildman–Crippen LogP) is 1.18. The average molecular weight is 279 g/mol. The molecule has 110 valence electrons. The maximum atomic E-state index is 13.1. The SMILES string of the molecule is CC(c1ccc(F)cc1O)N1CCN(C2CNC2)CC1. The molecular formula is C15H22FN3O. The molecule has 0 bridgehead atoms. The number of aromatic hydroxyl groups is 1. The van der Waals surface area contributed by atoms with E-state index in [0.29, 0.717) is 6.04 Å². The minimum Gasteiger partial charge on any atom is -0.508 e. The van der Waals surface area contributed by atoms with Crippen LogP contribution in [0.2, 0.25) is 0 Å². The van der Waals surface area contributed by atoms with Gasteiger partial charge in [0.15, 0.2) is 0 Å². The fourth-order valence-electron chi connectivity index (χ4n) is 3.09. The molecule has 1 aromatic rings. The molecule has 0 radical (unpaired) electrons. The molecule has 1 unspecified atom stereocenters. The summed E-state index contributed by atoms with van der Waals surface area (Å²) in [5, 5.41) is 13.2. The third-order valence-electron chi connectivity index (χ3n) is 4.62. The van der Waals surface area contributed by atoms with Gasteiger partial charge < -0.3 is 10.4 Å². The predicted molar refractivity (Wildman–Crippen MR) is 76.3 cm³/mol. The lowest BCUT2D eigenvalue weighted by molar-refractivity contribution is 0.0547. The van der Waals surface area contributed by atoms with Crippen LogP contribution in [0.25, 0.3) is 0 Å². The molecule has 2 heterocycles. The van der Waals surface area contributed by atoms with Gasteiger partial charge >= 0.3 is 0 Å². The Kier molecular flexibility index (Phi) is 3.92. The maximum absolute atomic E-state index is 13.1. The van der Waals surface area contributed by atoms with Gasteiger partial charge in [-0.05, 0) is 13.0 Å². The summed E-state index contributed by atoms with van der Waals surface area (Å²) >= 11 is 0. The number of halogens is 1. The van der Waals surface area contributed by atoms with Crippen LogP contribution in [0.1, 0.15) is 18.5 Å². The van der Waals surface area contributed by atoms with Gasteiger partial charge in [0.05, 0.1) is 0 Å². The summed E-state index contributed by atoms with van der Waals surface area (Å²) < 4.78 is 13.1. The molecule has 0 aliphatic carbocycles. The molecule has 2 N–H and O–H groups in total. The van der Waals surface area contributed by atoms with Crippen LogP contribution in [0, 0.1) is 5.82 Å². The Hall–Kier alpha value is -1.17. The first-order valence-electron chi connectivity index (χ1n) is 7.32. The van der Waals surface area contributed by atoms with Crippen LogP contribution in [0.4, 0.5) is 4.39 Å². The van der Waals surface area contributed by atoms with Crippen molar-refractivity contribution in [3.05, 3.63) is 29.6 Å². The fourth-order valence-corrected chi connectivity index (χ4v) is 3.09. The van der Waals surface area contributed by atoms with Crippen molar-refractivity contribution in [2.24, 2.45) is 0 Å². The number of hydrogen-bond donors (Lipinski definition) is 2. The van der Waals surface area contributed by atoms with Crippen LogP contribution in [0.5, 0.6) is 5.75 Å². The van der Waals surface area contributed by atoms with E-state index in [1.807, 2.05) is 0 Å². The van der Waals surface area contributed by atoms with Crippen LogP contribution < -0.4 is 5.32 Å². The highest BCUT2D eigenvalue weighted by Gasteiger charge is 2.29. The van der Waals surface area contributed by atoms with E-state index < -0.39 is 0 Å². The lowest BCUT2D eigenvalue weighted by Crippen LogP contribution is -2.61. The number of phenolic OH excluding ortho intramolecular Hbond substituents is 1. The van der Waals surface area contributed by atoms with E-state index in [9.17, 15) is 9.50 Å². The molecule has 3 rings (SSSR count). The zero-order chi connectivity index (χ0) is 14.1. The molecule has 0 aromatic heterocycles. The van der Waals surface area contributed by atoms with Crippen LogP contribution in [-0.4, -0.2) is 60.2 Å². The summed E-state index contributed by atoms with van der Waals surface area (Å²) in [6.07, 6.45) is 0. The number of phenols is 1. The second kappa shape index (κ2) is 5.68. The molecule has 0 spiro atoms. The van der Waals surface area contributed by atoms with E-state index in [2.05, 4.69) is 22.0 Å². The number of hydrogen-bond acceptors (Lipinski definition) is 4. The third kappa shape index (κ3) is 2.66. The Labute approximate surface area is 119 Å². The van der Waals surface area contributed by atoms with Crippen molar-refractivity contribution in [1.82, 2.24) is 15.1 Å². The van der Waals surface area contributed by atoms with E-state index in [0.717, 1.165) is 44.8 Å². The highest BCUT2D eigenvalue weighted by atomic mass is 19.1. The zero-order valence-corrected chi connectivity index (χ0v) is 11.8. The van der Waals surface area contributed by atoms with E-state index in [1.54, 1.807) is 6.07 Å². The van der Waals surface area contributed by atoms with Crippen molar-refractivity contribution in [2.75, 3.05) is 39.3 Å². The van der Waals surface area contributed by atoms with Crippen LogP contribution in [0.15, 0.2) is 18.2 Å². The normalized spacial score (nSPS) is 23.5. The molecule has 2 aliphatic heterocycles. The molecule has 0 saturated carbocycles. The van der Waals surface area contributed by atoms with Gasteiger partial charge in [-0.25, -0.2) is 4.39 Å². The van der Waals surface area contributed by atoms with Gasteiger partial charge in [-0.15, -0.1) is 0 Å². The Morgan fingerprint density at radius 2 is 1.95 bits per heavy atom. The van der Waals surface area contributed by atoms with E-state index in [4.69, 9.17) is 0 Å². The van der Waals surface area contributed by atoms with E-state index in [-0.39, 0.29) is 17.6 Å². The monoisotopic (exact) mass is 279 g/mol. The Bertz CT molecular complexity index is 470. The highest BCUT2D eigenvalue weighted by Crippen LogP contribution is 2.29. The minimum absolute atomic E-state index is 0.0584. The van der Waals surface area contributed by atoms with E-state index in [1.165, 1.54) is 12.1 Å². The van der Waals surface area contributed by atoms with Crippen molar-refractivity contribution >= 4 is 0 Å². The molecular weight excluding hydrogens is 257 g/mol. The topological polar surface area (TPSA) is 38.7 Å². The first-order valence-corrected chi connectivity index (χ1v) is 7.32. The van der Waals surface area contributed by atoms with Crippen molar-refractivity contribution in [3.63, 3.8) is 0 Å². The fraction of sp³-hybridized carbons (Fsp3) is 0.600. The van der Waals surface area contributed by atoms with Crippen molar-refractivity contribution in [2.45, 2.75) is 19.0 Å². The molecule has 5 heteroatoms.